The van der Waals surface area contributed by atoms with E-state index >= 15 is 0 Å². The van der Waals surface area contributed by atoms with Gasteiger partial charge in [0.2, 0.25) is 5.91 Å². The van der Waals surface area contributed by atoms with Crippen molar-refractivity contribution in [3.8, 4) is 11.1 Å². The molecule has 0 fully saturated rings. The molecule has 0 saturated heterocycles. The van der Waals surface area contributed by atoms with Crippen molar-refractivity contribution in [2.24, 2.45) is 5.73 Å². The first kappa shape index (κ1) is 18.6. The molecule has 7 heteroatoms. The van der Waals surface area contributed by atoms with Crippen LogP contribution in [0, 0.1) is 0 Å². The van der Waals surface area contributed by atoms with Gasteiger partial charge in [-0.2, -0.15) is 13.2 Å². The number of amides is 1. The Hall–Kier alpha value is -3.19. The standard InChI is InChI=1S/C20H16F3N3O/c21-20(22,23)17-4-2-1-3-16(17)18(24)19(27)26-15-7-5-13(6-8-15)14-9-11-25-12-10-14/h1-12,18H,24H2,(H,26,27). The third kappa shape index (κ3) is 4.32. The van der Waals surface area contributed by atoms with Gasteiger partial charge in [0, 0.05) is 18.1 Å². The molecule has 27 heavy (non-hydrogen) atoms. The Morgan fingerprint density at radius 2 is 1.52 bits per heavy atom. The summed E-state index contributed by atoms with van der Waals surface area (Å²) in [6.45, 7) is 0. The number of alkyl halides is 3. The highest BCUT2D eigenvalue weighted by molar-refractivity contribution is 5.95. The van der Waals surface area contributed by atoms with Crippen LogP contribution in [0.25, 0.3) is 11.1 Å². The Bertz CT molecular complexity index is 925. The zero-order chi connectivity index (χ0) is 19.4. The highest BCUT2D eigenvalue weighted by Crippen LogP contribution is 2.34. The lowest BCUT2D eigenvalue weighted by atomic mass is 9.99. The minimum absolute atomic E-state index is 0.268. The van der Waals surface area contributed by atoms with Crippen molar-refractivity contribution >= 4 is 11.6 Å². The molecule has 3 aromatic rings. The number of anilines is 1. The van der Waals surface area contributed by atoms with Gasteiger partial charge in [-0.3, -0.25) is 9.78 Å². The van der Waals surface area contributed by atoms with E-state index in [2.05, 4.69) is 10.3 Å². The van der Waals surface area contributed by atoms with Gasteiger partial charge in [-0.25, -0.2) is 0 Å². The first-order chi connectivity index (χ1) is 12.9. The number of halogens is 3. The highest BCUT2D eigenvalue weighted by atomic mass is 19.4. The number of carbonyl (C=O) groups is 1. The third-order valence-electron chi connectivity index (χ3n) is 4.05. The molecule has 0 radical (unpaired) electrons. The van der Waals surface area contributed by atoms with Crippen LogP contribution in [-0.4, -0.2) is 10.9 Å². The van der Waals surface area contributed by atoms with Crippen LogP contribution in [0.2, 0.25) is 0 Å². The molecule has 4 nitrogen and oxygen atoms in total. The van der Waals surface area contributed by atoms with Crippen LogP contribution in [-0.2, 0) is 11.0 Å². The van der Waals surface area contributed by atoms with Gasteiger partial charge in [-0.05, 0) is 47.0 Å². The maximum Gasteiger partial charge on any atom is 0.416 e. The molecule has 2 aromatic carbocycles. The van der Waals surface area contributed by atoms with E-state index in [0.29, 0.717) is 5.69 Å². The number of nitrogens with two attached hydrogens (primary N) is 1. The zero-order valence-corrected chi connectivity index (χ0v) is 14.1. The van der Waals surface area contributed by atoms with E-state index in [1.807, 2.05) is 12.1 Å². The van der Waals surface area contributed by atoms with Gasteiger partial charge in [0.05, 0.1) is 5.56 Å². The van der Waals surface area contributed by atoms with Crippen molar-refractivity contribution in [1.82, 2.24) is 4.98 Å². The number of pyridine rings is 1. The molecule has 1 atom stereocenters. The van der Waals surface area contributed by atoms with Crippen LogP contribution in [0.15, 0.2) is 73.1 Å². The number of aromatic nitrogens is 1. The Morgan fingerprint density at radius 3 is 2.15 bits per heavy atom. The van der Waals surface area contributed by atoms with Crippen LogP contribution in [0.5, 0.6) is 0 Å². The van der Waals surface area contributed by atoms with Crippen molar-refractivity contribution in [3.05, 3.63) is 84.2 Å². The summed E-state index contributed by atoms with van der Waals surface area (Å²) >= 11 is 0. The second-order valence-electron chi connectivity index (χ2n) is 5.87. The van der Waals surface area contributed by atoms with Gasteiger partial charge < -0.3 is 11.1 Å². The first-order valence-corrected chi connectivity index (χ1v) is 8.09. The molecule has 0 aliphatic carbocycles. The smallest absolute Gasteiger partial charge is 0.324 e. The van der Waals surface area contributed by atoms with Gasteiger partial charge in [0.15, 0.2) is 0 Å². The molecule has 0 spiro atoms. The fourth-order valence-electron chi connectivity index (χ4n) is 2.68. The molecule has 138 valence electrons. The quantitative estimate of drug-likeness (QED) is 0.714. The van der Waals surface area contributed by atoms with Gasteiger partial charge in [-0.1, -0.05) is 30.3 Å². The van der Waals surface area contributed by atoms with E-state index in [4.69, 9.17) is 5.73 Å². The number of rotatable bonds is 4. The summed E-state index contributed by atoms with van der Waals surface area (Å²) in [6, 6.07) is 14.0. The Kier molecular flexibility index (Phi) is 5.23. The largest absolute Gasteiger partial charge is 0.416 e. The number of nitrogens with one attached hydrogen (secondary N) is 1. The molecular weight excluding hydrogens is 355 g/mol. The van der Waals surface area contributed by atoms with E-state index in [-0.39, 0.29) is 5.56 Å². The van der Waals surface area contributed by atoms with Gasteiger partial charge in [-0.15, -0.1) is 0 Å². The molecule has 0 saturated carbocycles. The molecule has 1 amide bonds. The van der Waals surface area contributed by atoms with Gasteiger partial charge in [0.25, 0.3) is 0 Å². The summed E-state index contributed by atoms with van der Waals surface area (Å²) < 4.78 is 39.3. The summed E-state index contributed by atoms with van der Waals surface area (Å²) in [5.41, 5.74) is 6.92. The fourth-order valence-corrected chi connectivity index (χ4v) is 2.68. The van der Waals surface area contributed by atoms with E-state index < -0.39 is 23.7 Å². The van der Waals surface area contributed by atoms with E-state index in [1.54, 1.807) is 36.7 Å². The zero-order valence-electron chi connectivity index (χ0n) is 14.1. The van der Waals surface area contributed by atoms with Crippen LogP contribution in [0.1, 0.15) is 17.2 Å². The van der Waals surface area contributed by atoms with E-state index in [1.165, 1.54) is 18.2 Å². The molecule has 0 bridgehead atoms. The lowest BCUT2D eigenvalue weighted by molar-refractivity contribution is -0.138. The summed E-state index contributed by atoms with van der Waals surface area (Å²) in [5.74, 6) is -0.719. The Morgan fingerprint density at radius 1 is 0.926 bits per heavy atom. The van der Waals surface area contributed by atoms with Crippen molar-refractivity contribution in [1.29, 1.82) is 0 Å². The topological polar surface area (TPSA) is 68.0 Å². The first-order valence-electron chi connectivity index (χ1n) is 8.09. The van der Waals surface area contributed by atoms with E-state index in [0.717, 1.165) is 17.2 Å². The minimum Gasteiger partial charge on any atom is -0.324 e. The van der Waals surface area contributed by atoms with Gasteiger partial charge >= 0.3 is 6.18 Å². The predicted molar refractivity (Wildman–Crippen MR) is 96.7 cm³/mol. The highest BCUT2D eigenvalue weighted by Gasteiger charge is 2.35. The molecular formula is C20H16F3N3O. The average Bonchev–Trinajstić information content (AvgIpc) is 2.68. The number of hydrogen-bond donors (Lipinski definition) is 2. The summed E-state index contributed by atoms with van der Waals surface area (Å²) in [7, 11) is 0. The maximum absolute atomic E-state index is 13.1. The second-order valence-corrected chi connectivity index (χ2v) is 5.87. The Balaban J connectivity index is 1.76. The van der Waals surface area contributed by atoms with Gasteiger partial charge in [0.1, 0.15) is 6.04 Å². The molecule has 3 rings (SSSR count). The monoisotopic (exact) mass is 371 g/mol. The van der Waals surface area contributed by atoms with Crippen LogP contribution < -0.4 is 11.1 Å². The van der Waals surface area contributed by atoms with Crippen molar-refractivity contribution in [2.75, 3.05) is 5.32 Å². The summed E-state index contributed by atoms with van der Waals surface area (Å²) in [5, 5.41) is 2.55. The average molecular weight is 371 g/mol. The SMILES string of the molecule is NC(C(=O)Nc1ccc(-c2ccncc2)cc1)c1ccccc1C(F)(F)F. The van der Waals surface area contributed by atoms with Crippen LogP contribution in [0.4, 0.5) is 18.9 Å². The molecule has 1 heterocycles. The van der Waals surface area contributed by atoms with Crippen molar-refractivity contribution in [3.63, 3.8) is 0 Å². The second kappa shape index (κ2) is 7.59. The van der Waals surface area contributed by atoms with Crippen LogP contribution >= 0.6 is 0 Å². The predicted octanol–water partition coefficient (Wildman–Crippen LogP) is 4.41. The lowest BCUT2D eigenvalue weighted by Gasteiger charge is -2.18. The number of carbonyl (C=O) groups excluding carboxylic acids is 1. The fraction of sp³-hybridized carbons (Fsp3) is 0.100. The number of nitrogens with zero attached hydrogens (tertiary/aromatic N) is 1. The van der Waals surface area contributed by atoms with Crippen LogP contribution in [0.3, 0.4) is 0 Å². The Labute approximate surface area is 153 Å². The maximum atomic E-state index is 13.1. The summed E-state index contributed by atoms with van der Waals surface area (Å²) in [4.78, 5) is 16.3. The molecule has 1 unspecified atom stereocenters. The van der Waals surface area contributed by atoms with Crippen molar-refractivity contribution < 1.29 is 18.0 Å². The lowest BCUT2D eigenvalue weighted by Crippen LogP contribution is -2.29. The molecule has 1 aromatic heterocycles. The number of hydrogen-bond acceptors (Lipinski definition) is 3. The molecule has 0 aliphatic heterocycles. The third-order valence-corrected chi connectivity index (χ3v) is 4.05. The normalized spacial score (nSPS) is 12.4. The molecule has 0 aliphatic rings. The molecule has 3 N–H and O–H groups in total. The summed E-state index contributed by atoms with van der Waals surface area (Å²) in [6.07, 6.45) is -1.25. The van der Waals surface area contributed by atoms with Crippen molar-refractivity contribution in [2.45, 2.75) is 12.2 Å². The van der Waals surface area contributed by atoms with E-state index in [9.17, 15) is 18.0 Å². The minimum atomic E-state index is -4.58. The number of benzene rings is 2.